The van der Waals surface area contributed by atoms with Gasteiger partial charge in [0, 0.05) is 34.6 Å². The lowest BCUT2D eigenvalue weighted by Gasteiger charge is -2.26. The van der Waals surface area contributed by atoms with Gasteiger partial charge in [0.05, 0.1) is 5.37 Å². The summed E-state index contributed by atoms with van der Waals surface area (Å²) in [6.07, 6.45) is 0.711. The number of amides is 2. The molecule has 0 radical (unpaired) electrons. The Kier molecular flexibility index (Phi) is 6.64. The predicted octanol–water partition coefficient (Wildman–Crippen LogP) is 0.703. The molecule has 0 spiro atoms. The zero-order valence-electron chi connectivity index (χ0n) is 11.1. The van der Waals surface area contributed by atoms with Crippen LogP contribution in [0.15, 0.2) is 0 Å². The molecule has 0 bridgehead atoms. The first-order valence-electron chi connectivity index (χ1n) is 6.26. The largest absolute Gasteiger partial charge is 0.480 e. The number of carboxylic acids is 1. The van der Waals surface area contributed by atoms with Crippen LogP contribution in [0.4, 0.5) is 4.79 Å². The maximum Gasteiger partial charge on any atom is 0.327 e. The molecule has 2 amide bonds. The molecule has 0 aromatic rings. The number of carboxylic acid groups (broad SMARTS) is 1. The minimum atomic E-state index is -0.976. The van der Waals surface area contributed by atoms with Crippen molar-refractivity contribution in [1.29, 1.82) is 0 Å². The number of rotatable bonds is 6. The minimum absolute atomic E-state index is 0.0993. The van der Waals surface area contributed by atoms with E-state index in [0.717, 1.165) is 0 Å². The number of urea groups is 1. The van der Waals surface area contributed by atoms with Crippen molar-refractivity contribution < 1.29 is 18.9 Å². The molecule has 2 N–H and O–H groups in total. The van der Waals surface area contributed by atoms with Crippen LogP contribution in [-0.2, 0) is 15.6 Å². The predicted molar refractivity (Wildman–Crippen MR) is 76.7 cm³/mol. The van der Waals surface area contributed by atoms with Gasteiger partial charge < -0.3 is 10.4 Å². The van der Waals surface area contributed by atoms with Crippen molar-refractivity contribution in [1.82, 2.24) is 10.2 Å². The molecule has 1 heterocycles. The van der Waals surface area contributed by atoms with Crippen LogP contribution < -0.4 is 5.32 Å². The Bertz CT molecular complexity index is 365. The number of hydrogen-bond donors (Lipinski definition) is 2. The second kappa shape index (κ2) is 7.74. The van der Waals surface area contributed by atoms with Gasteiger partial charge in [-0.3, -0.25) is 9.11 Å². The van der Waals surface area contributed by atoms with Crippen molar-refractivity contribution in [3.8, 4) is 0 Å². The fourth-order valence-electron chi connectivity index (χ4n) is 1.85. The van der Waals surface area contributed by atoms with Gasteiger partial charge >= 0.3 is 12.0 Å². The standard InChI is InChI=1S/C11H20N2O4S2/c1-3-9-13(8(7-18-9)10(14)15)11(16)12-5-6-19(17)4-2/h8-9H,3-7H2,1-2H3,(H,12,16)(H,14,15). The average molecular weight is 308 g/mol. The van der Waals surface area contributed by atoms with Gasteiger partial charge in [-0.1, -0.05) is 13.8 Å². The second-order valence-corrected chi connectivity index (χ2v) is 7.20. The van der Waals surface area contributed by atoms with Crippen LogP contribution in [-0.4, -0.2) is 61.4 Å². The Balaban J connectivity index is 2.56. The zero-order valence-corrected chi connectivity index (χ0v) is 12.8. The summed E-state index contributed by atoms with van der Waals surface area (Å²) in [5.74, 6) is 0.403. The van der Waals surface area contributed by atoms with Crippen LogP contribution in [0, 0.1) is 0 Å². The third-order valence-electron chi connectivity index (χ3n) is 2.89. The van der Waals surface area contributed by atoms with Crippen molar-refractivity contribution in [2.24, 2.45) is 0 Å². The molecule has 0 aromatic carbocycles. The number of nitrogens with one attached hydrogen (secondary N) is 1. The van der Waals surface area contributed by atoms with Crippen LogP contribution in [0.5, 0.6) is 0 Å². The molecule has 1 saturated heterocycles. The van der Waals surface area contributed by atoms with E-state index in [0.29, 0.717) is 30.2 Å². The maximum atomic E-state index is 12.0. The molecule has 3 atom stereocenters. The molecular formula is C11H20N2O4S2. The summed E-state index contributed by atoms with van der Waals surface area (Å²) in [6, 6.07) is -1.15. The Morgan fingerprint density at radius 3 is 2.68 bits per heavy atom. The monoisotopic (exact) mass is 308 g/mol. The van der Waals surface area contributed by atoms with Gasteiger partial charge in [0.15, 0.2) is 0 Å². The molecule has 3 unspecified atom stereocenters. The Labute approximate surface area is 119 Å². The summed E-state index contributed by atoms with van der Waals surface area (Å²) >= 11 is 1.48. The SMILES string of the molecule is CCC1SCC(C(=O)O)N1C(=O)NCCS(=O)CC. The molecule has 1 rings (SSSR count). The van der Waals surface area contributed by atoms with E-state index in [4.69, 9.17) is 5.11 Å². The highest BCUT2D eigenvalue weighted by molar-refractivity contribution is 8.00. The van der Waals surface area contributed by atoms with Crippen LogP contribution in [0.2, 0.25) is 0 Å². The number of aliphatic carboxylic acids is 1. The highest BCUT2D eigenvalue weighted by atomic mass is 32.2. The van der Waals surface area contributed by atoms with Gasteiger partial charge in [-0.15, -0.1) is 11.8 Å². The lowest BCUT2D eigenvalue weighted by atomic mass is 10.3. The number of hydrogen-bond acceptors (Lipinski definition) is 4. The number of nitrogens with zero attached hydrogens (tertiary/aromatic N) is 1. The molecule has 6 nitrogen and oxygen atoms in total. The molecule has 0 aliphatic carbocycles. The molecule has 8 heteroatoms. The van der Waals surface area contributed by atoms with E-state index < -0.39 is 22.8 Å². The van der Waals surface area contributed by atoms with Gasteiger partial charge in [-0.2, -0.15) is 0 Å². The third-order valence-corrected chi connectivity index (χ3v) is 5.65. The van der Waals surface area contributed by atoms with Crippen LogP contribution in [0.25, 0.3) is 0 Å². The quantitative estimate of drug-likeness (QED) is 0.754. The number of carbonyl (C=O) groups excluding carboxylic acids is 1. The Morgan fingerprint density at radius 2 is 2.16 bits per heavy atom. The van der Waals surface area contributed by atoms with Gasteiger partial charge in [0.1, 0.15) is 6.04 Å². The summed E-state index contributed by atoms with van der Waals surface area (Å²) < 4.78 is 11.3. The maximum absolute atomic E-state index is 12.0. The summed E-state index contributed by atoms with van der Waals surface area (Å²) in [7, 11) is -0.928. The van der Waals surface area contributed by atoms with Crippen LogP contribution in [0.3, 0.4) is 0 Å². The number of carbonyl (C=O) groups is 2. The normalized spacial score (nSPS) is 24.2. The summed E-state index contributed by atoms with van der Waals surface area (Å²) in [4.78, 5) is 24.6. The molecule has 19 heavy (non-hydrogen) atoms. The molecule has 110 valence electrons. The lowest BCUT2D eigenvalue weighted by molar-refractivity contribution is -0.141. The molecule has 1 aliphatic rings. The van der Waals surface area contributed by atoms with E-state index in [2.05, 4.69) is 5.32 Å². The first-order valence-corrected chi connectivity index (χ1v) is 8.80. The topological polar surface area (TPSA) is 86.7 Å². The first-order chi connectivity index (χ1) is 9.01. The van der Waals surface area contributed by atoms with Crippen molar-refractivity contribution in [2.75, 3.05) is 23.8 Å². The van der Waals surface area contributed by atoms with Crippen molar-refractivity contribution in [2.45, 2.75) is 31.7 Å². The molecular weight excluding hydrogens is 288 g/mol. The third kappa shape index (κ3) is 4.38. The average Bonchev–Trinajstić information content (AvgIpc) is 2.82. The number of thioether (sulfide) groups is 1. The van der Waals surface area contributed by atoms with Gasteiger partial charge in [0.25, 0.3) is 0 Å². The molecule has 0 aromatic heterocycles. The van der Waals surface area contributed by atoms with Gasteiger partial charge in [0.2, 0.25) is 0 Å². The van der Waals surface area contributed by atoms with E-state index >= 15 is 0 Å². The molecule has 1 aliphatic heterocycles. The van der Waals surface area contributed by atoms with E-state index in [1.165, 1.54) is 16.7 Å². The highest BCUT2D eigenvalue weighted by Crippen LogP contribution is 2.31. The first kappa shape index (κ1) is 16.3. The summed E-state index contributed by atoms with van der Waals surface area (Å²) in [6.45, 7) is 4.06. The Hall–Kier alpha value is -0.760. The van der Waals surface area contributed by atoms with E-state index in [-0.39, 0.29) is 11.4 Å². The van der Waals surface area contributed by atoms with E-state index in [1.54, 1.807) is 0 Å². The van der Waals surface area contributed by atoms with Crippen LogP contribution in [0.1, 0.15) is 20.3 Å². The fraction of sp³-hybridized carbons (Fsp3) is 0.818. The Morgan fingerprint density at radius 1 is 1.47 bits per heavy atom. The van der Waals surface area contributed by atoms with Gasteiger partial charge in [-0.25, -0.2) is 9.59 Å². The van der Waals surface area contributed by atoms with Crippen molar-refractivity contribution >= 4 is 34.6 Å². The smallest absolute Gasteiger partial charge is 0.327 e. The van der Waals surface area contributed by atoms with Gasteiger partial charge in [-0.05, 0) is 6.42 Å². The van der Waals surface area contributed by atoms with Crippen LogP contribution >= 0.6 is 11.8 Å². The highest BCUT2D eigenvalue weighted by Gasteiger charge is 2.40. The fourth-order valence-corrected chi connectivity index (χ4v) is 3.81. The summed E-state index contributed by atoms with van der Waals surface area (Å²) in [5, 5.41) is 11.7. The molecule has 1 fully saturated rings. The van der Waals surface area contributed by atoms with E-state index in [9.17, 15) is 13.8 Å². The van der Waals surface area contributed by atoms with Crippen molar-refractivity contribution in [3.05, 3.63) is 0 Å². The molecule has 0 saturated carbocycles. The summed E-state index contributed by atoms with van der Waals surface area (Å²) in [5.41, 5.74) is 0. The second-order valence-electron chi connectivity index (χ2n) is 4.12. The zero-order chi connectivity index (χ0) is 14.4. The minimum Gasteiger partial charge on any atom is -0.480 e. The lowest BCUT2D eigenvalue weighted by Crippen LogP contribution is -2.50. The van der Waals surface area contributed by atoms with Crippen molar-refractivity contribution in [3.63, 3.8) is 0 Å². The van der Waals surface area contributed by atoms with E-state index in [1.807, 2.05) is 13.8 Å².